The van der Waals surface area contributed by atoms with Crippen molar-refractivity contribution in [2.24, 2.45) is 13.0 Å². The Morgan fingerprint density at radius 1 is 1.40 bits per heavy atom. The molecule has 0 atom stereocenters. The fourth-order valence-electron chi connectivity index (χ4n) is 2.67. The van der Waals surface area contributed by atoms with Crippen molar-refractivity contribution in [3.8, 4) is 0 Å². The van der Waals surface area contributed by atoms with Crippen LogP contribution in [0, 0.1) is 5.92 Å². The zero-order valence-electron chi connectivity index (χ0n) is 11.7. The Bertz CT molecular complexity index is 476. The Balaban J connectivity index is 1.70. The fraction of sp³-hybridized carbons (Fsp3) is 0.643. The van der Waals surface area contributed by atoms with Crippen molar-refractivity contribution < 1.29 is 14.7 Å². The van der Waals surface area contributed by atoms with Gasteiger partial charge in [0.15, 0.2) is 0 Å². The van der Waals surface area contributed by atoms with Gasteiger partial charge in [-0.3, -0.25) is 14.3 Å². The lowest BCUT2D eigenvalue weighted by atomic mass is 9.86. The molecule has 1 aliphatic rings. The van der Waals surface area contributed by atoms with E-state index in [2.05, 4.69) is 10.4 Å². The first-order valence-corrected chi connectivity index (χ1v) is 7.05. The largest absolute Gasteiger partial charge is 0.481 e. The molecule has 0 aliphatic heterocycles. The minimum Gasteiger partial charge on any atom is -0.481 e. The number of rotatable bonds is 5. The van der Waals surface area contributed by atoms with Crippen LogP contribution in [0.25, 0.3) is 0 Å². The number of hydrogen-bond donors (Lipinski definition) is 2. The van der Waals surface area contributed by atoms with E-state index >= 15 is 0 Å². The molecule has 110 valence electrons. The number of aliphatic carboxylic acids is 1. The van der Waals surface area contributed by atoms with Gasteiger partial charge < -0.3 is 10.4 Å². The quantitative estimate of drug-likeness (QED) is 0.845. The Hall–Kier alpha value is -1.85. The molecule has 1 aromatic heterocycles. The summed E-state index contributed by atoms with van der Waals surface area (Å²) in [6.07, 6.45) is 5.67. The number of carbonyl (C=O) groups excluding carboxylic acids is 1. The maximum atomic E-state index is 11.9. The van der Waals surface area contributed by atoms with Crippen LogP contribution in [-0.2, 0) is 23.1 Å². The Labute approximate surface area is 118 Å². The SMILES string of the molecule is Cn1nccc1CCC(=O)NC1CCC(C(=O)O)CC1. The van der Waals surface area contributed by atoms with Crippen molar-refractivity contribution in [1.29, 1.82) is 0 Å². The van der Waals surface area contributed by atoms with Gasteiger partial charge in [0.2, 0.25) is 5.91 Å². The lowest BCUT2D eigenvalue weighted by Crippen LogP contribution is -2.38. The topological polar surface area (TPSA) is 84.2 Å². The molecule has 0 unspecified atom stereocenters. The van der Waals surface area contributed by atoms with Crippen LogP contribution in [0.1, 0.15) is 37.8 Å². The zero-order chi connectivity index (χ0) is 14.5. The van der Waals surface area contributed by atoms with Gasteiger partial charge in [-0.05, 0) is 38.2 Å². The molecule has 1 heterocycles. The summed E-state index contributed by atoms with van der Waals surface area (Å²) in [5.74, 6) is -0.923. The van der Waals surface area contributed by atoms with Crippen LogP contribution >= 0.6 is 0 Å². The van der Waals surface area contributed by atoms with Crippen molar-refractivity contribution >= 4 is 11.9 Å². The highest BCUT2D eigenvalue weighted by molar-refractivity contribution is 5.76. The van der Waals surface area contributed by atoms with Crippen LogP contribution in [0.3, 0.4) is 0 Å². The number of hydrogen-bond acceptors (Lipinski definition) is 3. The number of carboxylic acid groups (broad SMARTS) is 1. The van der Waals surface area contributed by atoms with Crippen LogP contribution in [0.5, 0.6) is 0 Å². The molecule has 2 N–H and O–H groups in total. The molecule has 0 saturated heterocycles. The number of carboxylic acids is 1. The molecule has 1 saturated carbocycles. The van der Waals surface area contributed by atoms with E-state index < -0.39 is 5.97 Å². The molecule has 0 spiro atoms. The van der Waals surface area contributed by atoms with Gasteiger partial charge in [0.05, 0.1) is 5.92 Å². The fourth-order valence-corrected chi connectivity index (χ4v) is 2.67. The number of nitrogens with one attached hydrogen (secondary N) is 1. The Morgan fingerprint density at radius 3 is 2.65 bits per heavy atom. The van der Waals surface area contributed by atoms with E-state index in [0.29, 0.717) is 25.7 Å². The molecule has 1 aromatic rings. The second kappa shape index (κ2) is 6.54. The molecule has 20 heavy (non-hydrogen) atoms. The molecule has 0 radical (unpaired) electrons. The minimum absolute atomic E-state index is 0.0324. The maximum Gasteiger partial charge on any atom is 0.306 e. The normalized spacial score (nSPS) is 22.4. The number of nitrogens with zero attached hydrogens (tertiary/aromatic N) is 2. The molecule has 6 nitrogen and oxygen atoms in total. The minimum atomic E-state index is -0.717. The van der Waals surface area contributed by atoms with Crippen LogP contribution in [-0.4, -0.2) is 32.8 Å². The maximum absolute atomic E-state index is 11.9. The Morgan fingerprint density at radius 2 is 2.10 bits per heavy atom. The third kappa shape index (κ3) is 3.82. The molecule has 2 rings (SSSR count). The second-order valence-corrected chi connectivity index (χ2v) is 5.40. The molecule has 0 bridgehead atoms. The van der Waals surface area contributed by atoms with Crippen molar-refractivity contribution in [3.63, 3.8) is 0 Å². The van der Waals surface area contributed by atoms with E-state index in [4.69, 9.17) is 5.11 Å². The van der Waals surface area contributed by atoms with Crippen LogP contribution in [0.15, 0.2) is 12.3 Å². The number of aromatic nitrogens is 2. The number of aryl methyl sites for hydroxylation is 2. The van der Waals surface area contributed by atoms with Gasteiger partial charge >= 0.3 is 5.97 Å². The summed E-state index contributed by atoms with van der Waals surface area (Å²) in [6, 6.07) is 2.04. The van der Waals surface area contributed by atoms with Crippen molar-refractivity contribution in [1.82, 2.24) is 15.1 Å². The van der Waals surface area contributed by atoms with E-state index in [9.17, 15) is 9.59 Å². The average molecular weight is 279 g/mol. The average Bonchev–Trinajstić information content (AvgIpc) is 2.82. The van der Waals surface area contributed by atoms with Gasteiger partial charge in [-0.15, -0.1) is 0 Å². The molecular weight excluding hydrogens is 258 g/mol. The first kappa shape index (κ1) is 14.6. The van der Waals surface area contributed by atoms with E-state index in [1.54, 1.807) is 10.9 Å². The summed E-state index contributed by atoms with van der Waals surface area (Å²) in [5.41, 5.74) is 1.04. The van der Waals surface area contributed by atoms with Crippen LogP contribution in [0.4, 0.5) is 0 Å². The summed E-state index contributed by atoms with van der Waals surface area (Å²) < 4.78 is 1.77. The van der Waals surface area contributed by atoms with Crippen LogP contribution in [0.2, 0.25) is 0 Å². The van der Waals surface area contributed by atoms with E-state index in [-0.39, 0.29) is 17.9 Å². The molecule has 6 heteroatoms. The van der Waals surface area contributed by atoms with Gasteiger partial charge in [0, 0.05) is 31.4 Å². The summed E-state index contributed by atoms with van der Waals surface area (Å²) in [5, 5.41) is 16.0. The first-order valence-electron chi connectivity index (χ1n) is 7.05. The standard InChI is InChI=1S/C14H21N3O3/c1-17-12(8-9-15-17)6-7-13(18)16-11-4-2-10(3-5-11)14(19)20/h8-11H,2-7H2,1H3,(H,16,18)(H,19,20). The van der Waals surface area contributed by atoms with Crippen molar-refractivity contribution in [2.75, 3.05) is 0 Å². The van der Waals surface area contributed by atoms with E-state index in [1.165, 1.54) is 0 Å². The molecule has 0 aromatic carbocycles. The highest BCUT2D eigenvalue weighted by Crippen LogP contribution is 2.24. The highest BCUT2D eigenvalue weighted by atomic mass is 16.4. The van der Waals surface area contributed by atoms with Crippen molar-refractivity contribution in [3.05, 3.63) is 18.0 Å². The third-order valence-corrected chi connectivity index (χ3v) is 3.97. The predicted molar refractivity (Wildman–Crippen MR) is 73.1 cm³/mol. The lowest BCUT2D eigenvalue weighted by Gasteiger charge is -2.26. The highest BCUT2D eigenvalue weighted by Gasteiger charge is 2.26. The third-order valence-electron chi connectivity index (χ3n) is 3.97. The summed E-state index contributed by atoms with van der Waals surface area (Å²) in [4.78, 5) is 22.7. The number of amides is 1. The monoisotopic (exact) mass is 279 g/mol. The smallest absolute Gasteiger partial charge is 0.306 e. The molecule has 1 amide bonds. The molecule has 1 fully saturated rings. The van der Waals surface area contributed by atoms with E-state index in [1.807, 2.05) is 13.1 Å². The van der Waals surface area contributed by atoms with Gasteiger partial charge in [-0.25, -0.2) is 0 Å². The van der Waals surface area contributed by atoms with Gasteiger partial charge in [-0.1, -0.05) is 0 Å². The van der Waals surface area contributed by atoms with Crippen molar-refractivity contribution in [2.45, 2.75) is 44.6 Å². The van der Waals surface area contributed by atoms with Gasteiger partial charge in [-0.2, -0.15) is 5.10 Å². The Kier molecular flexibility index (Phi) is 4.76. The molecular formula is C14H21N3O3. The summed E-state index contributed by atoms with van der Waals surface area (Å²) in [6.45, 7) is 0. The lowest BCUT2D eigenvalue weighted by molar-refractivity contribution is -0.142. The molecule has 1 aliphatic carbocycles. The predicted octanol–water partition coefficient (Wildman–Crippen LogP) is 1.11. The zero-order valence-corrected chi connectivity index (χ0v) is 11.7. The number of carbonyl (C=O) groups is 2. The summed E-state index contributed by atoms with van der Waals surface area (Å²) in [7, 11) is 1.86. The van der Waals surface area contributed by atoms with E-state index in [0.717, 1.165) is 18.5 Å². The van der Waals surface area contributed by atoms with Crippen LogP contribution < -0.4 is 5.32 Å². The van der Waals surface area contributed by atoms with Gasteiger partial charge in [0.25, 0.3) is 0 Å². The summed E-state index contributed by atoms with van der Waals surface area (Å²) >= 11 is 0. The first-order chi connectivity index (χ1) is 9.56. The van der Waals surface area contributed by atoms with Gasteiger partial charge in [0.1, 0.15) is 0 Å². The second-order valence-electron chi connectivity index (χ2n) is 5.40.